The Balaban J connectivity index is 3.26. The van der Waals surface area contributed by atoms with Gasteiger partial charge in [-0.3, -0.25) is 10.1 Å². The van der Waals surface area contributed by atoms with Crippen LogP contribution in [0.4, 0.5) is 11.5 Å². The Bertz CT molecular complexity index is 510. The molecule has 0 radical (unpaired) electrons. The number of carboxylic acids is 1. The smallest absolute Gasteiger partial charge is 0.333 e. The molecule has 2 N–H and O–H groups in total. The van der Waals surface area contributed by atoms with Crippen LogP contribution in [0.1, 0.15) is 45.3 Å². The van der Waals surface area contributed by atoms with Crippen molar-refractivity contribution >= 4 is 17.5 Å². The third-order valence-electron chi connectivity index (χ3n) is 2.91. The summed E-state index contributed by atoms with van der Waals surface area (Å²) in [6.45, 7) is 7.06. The van der Waals surface area contributed by atoms with Gasteiger partial charge < -0.3 is 10.4 Å². The van der Waals surface area contributed by atoms with E-state index in [1.54, 1.807) is 0 Å². The van der Waals surface area contributed by atoms with Gasteiger partial charge in [0.15, 0.2) is 0 Å². The fourth-order valence-electron chi connectivity index (χ4n) is 1.98. The Kier molecular flexibility index (Phi) is 5.06. The number of rotatable bonds is 7. The van der Waals surface area contributed by atoms with Crippen LogP contribution in [0.25, 0.3) is 0 Å². The lowest BCUT2D eigenvalue weighted by atomic mass is 10.1. The van der Waals surface area contributed by atoms with Gasteiger partial charge in [-0.15, -0.1) is 0 Å². The molecule has 1 aromatic rings. The molecule has 0 aromatic carbocycles. The third kappa shape index (κ3) is 3.25. The van der Waals surface area contributed by atoms with E-state index in [0.29, 0.717) is 12.8 Å². The summed E-state index contributed by atoms with van der Waals surface area (Å²) in [6, 6.07) is -0.978. The molecular formula is C12H20N4O4. The van der Waals surface area contributed by atoms with Gasteiger partial charge in [0.25, 0.3) is 0 Å². The minimum Gasteiger partial charge on any atom is -0.480 e. The van der Waals surface area contributed by atoms with Gasteiger partial charge >= 0.3 is 11.7 Å². The van der Waals surface area contributed by atoms with Crippen LogP contribution in [0.5, 0.6) is 0 Å². The molecule has 0 aliphatic heterocycles. The van der Waals surface area contributed by atoms with Gasteiger partial charge in [-0.05, 0) is 27.2 Å². The Morgan fingerprint density at radius 2 is 2.15 bits per heavy atom. The van der Waals surface area contributed by atoms with E-state index in [9.17, 15) is 14.9 Å². The Hall–Kier alpha value is -2.12. The number of carbonyl (C=O) groups is 1. The van der Waals surface area contributed by atoms with Crippen LogP contribution in [0.2, 0.25) is 0 Å². The maximum absolute atomic E-state index is 11.2. The zero-order valence-electron chi connectivity index (χ0n) is 12.1. The van der Waals surface area contributed by atoms with Gasteiger partial charge in [0.2, 0.25) is 5.82 Å². The molecule has 8 nitrogen and oxygen atoms in total. The van der Waals surface area contributed by atoms with Crippen molar-refractivity contribution in [2.75, 3.05) is 5.32 Å². The van der Waals surface area contributed by atoms with Gasteiger partial charge in [0.1, 0.15) is 11.7 Å². The maximum atomic E-state index is 11.2. The summed E-state index contributed by atoms with van der Waals surface area (Å²) >= 11 is 0. The minimum absolute atomic E-state index is 0.110. The standard InChI is InChI=1S/C12H20N4O4/c1-5-6-9(12(17)18)13-11-10(16(19)20)8(4)14-15(11)7(2)3/h7,9,13H,5-6H2,1-4H3,(H,17,18). The van der Waals surface area contributed by atoms with Gasteiger partial charge in [-0.25, -0.2) is 9.48 Å². The zero-order chi connectivity index (χ0) is 15.4. The lowest BCUT2D eigenvalue weighted by Crippen LogP contribution is -2.30. The van der Waals surface area contributed by atoms with Crippen LogP contribution in [0.3, 0.4) is 0 Å². The largest absolute Gasteiger partial charge is 0.480 e. The number of nitrogens with one attached hydrogen (secondary N) is 1. The SMILES string of the molecule is CCCC(Nc1c([N+](=O)[O-])c(C)nn1C(C)C)C(=O)O. The Morgan fingerprint density at radius 1 is 1.55 bits per heavy atom. The first-order chi connectivity index (χ1) is 9.29. The molecule has 20 heavy (non-hydrogen) atoms. The number of hydrogen-bond acceptors (Lipinski definition) is 5. The van der Waals surface area contributed by atoms with E-state index < -0.39 is 16.9 Å². The van der Waals surface area contributed by atoms with E-state index in [1.165, 1.54) is 11.6 Å². The first-order valence-corrected chi connectivity index (χ1v) is 6.52. The number of carboxylic acid groups (broad SMARTS) is 1. The van der Waals surface area contributed by atoms with E-state index in [2.05, 4.69) is 10.4 Å². The molecule has 0 spiro atoms. The Labute approximate surface area is 116 Å². The molecule has 0 aliphatic rings. The first kappa shape index (κ1) is 15.9. The van der Waals surface area contributed by atoms with Gasteiger partial charge in [-0.2, -0.15) is 5.10 Å². The summed E-state index contributed by atoms with van der Waals surface area (Å²) in [5, 5.41) is 27.2. The number of aromatic nitrogens is 2. The van der Waals surface area contributed by atoms with Crippen LogP contribution in [0, 0.1) is 17.0 Å². The highest BCUT2D eigenvalue weighted by Crippen LogP contribution is 2.31. The highest BCUT2D eigenvalue weighted by molar-refractivity contribution is 5.78. The fourth-order valence-corrected chi connectivity index (χ4v) is 1.98. The summed E-state index contributed by atoms with van der Waals surface area (Å²) in [5.41, 5.74) is 0.105. The summed E-state index contributed by atoms with van der Waals surface area (Å²) in [4.78, 5) is 21.8. The minimum atomic E-state index is -1.03. The van der Waals surface area contributed by atoms with Gasteiger partial charge in [-0.1, -0.05) is 13.3 Å². The predicted molar refractivity (Wildman–Crippen MR) is 74.0 cm³/mol. The van der Waals surface area contributed by atoms with Gasteiger partial charge in [0, 0.05) is 6.04 Å². The number of nitrogens with zero attached hydrogens (tertiary/aromatic N) is 3. The molecule has 112 valence electrons. The van der Waals surface area contributed by atoms with E-state index in [4.69, 9.17) is 5.11 Å². The lowest BCUT2D eigenvalue weighted by Gasteiger charge is -2.17. The fraction of sp³-hybridized carbons (Fsp3) is 0.667. The van der Waals surface area contributed by atoms with E-state index in [-0.39, 0.29) is 23.2 Å². The number of aliphatic carboxylic acids is 1. The van der Waals surface area contributed by atoms with Crippen LogP contribution in [-0.4, -0.2) is 31.8 Å². The van der Waals surface area contributed by atoms with Crippen LogP contribution >= 0.6 is 0 Å². The molecule has 0 amide bonds. The monoisotopic (exact) mass is 284 g/mol. The second kappa shape index (κ2) is 6.36. The van der Waals surface area contributed by atoms with Crippen molar-refractivity contribution in [3.05, 3.63) is 15.8 Å². The second-order valence-electron chi connectivity index (χ2n) is 4.90. The molecule has 0 saturated heterocycles. The van der Waals surface area contributed by atoms with E-state index in [1.807, 2.05) is 20.8 Å². The highest BCUT2D eigenvalue weighted by Gasteiger charge is 2.29. The molecule has 1 unspecified atom stereocenters. The van der Waals surface area contributed by atoms with Crippen LogP contribution in [0.15, 0.2) is 0 Å². The molecule has 0 bridgehead atoms. The summed E-state index contributed by atoms with van der Waals surface area (Å²) in [6.07, 6.45) is 1.04. The van der Waals surface area contributed by atoms with Crippen molar-refractivity contribution in [1.29, 1.82) is 0 Å². The first-order valence-electron chi connectivity index (χ1n) is 6.52. The molecule has 0 saturated carbocycles. The zero-order valence-corrected chi connectivity index (χ0v) is 12.1. The molecule has 0 fully saturated rings. The van der Waals surface area contributed by atoms with Crippen molar-refractivity contribution in [3.63, 3.8) is 0 Å². The van der Waals surface area contributed by atoms with Crippen LogP contribution < -0.4 is 5.32 Å². The Morgan fingerprint density at radius 3 is 2.55 bits per heavy atom. The third-order valence-corrected chi connectivity index (χ3v) is 2.91. The predicted octanol–water partition coefficient (Wildman–Crippen LogP) is 2.35. The molecule has 1 heterocycles. The van der Waals surface area contributed by atoms with Crippen LogP contribution in [-0.2, 0) is 4.79 Å². The highest BCUT2D eigenvalue weighted by atomic mass is 16.6. The van der Waals surface area contributed by atoms with E-state index in [0.717, 1.165) is 0 Å². The van der Waals surface area contributed by atoms with Crippen molar-refractivity contribution in [2.24, 2.45) is 0 Å². The molecule has 1 aromatic heterocycles. The molecule has 1 atom stereocenters. The molecule has 0 aliphatic carbocycles. The van der Waals surface area contributed by atoms with Crippen molar-refractivity contribution in [2.45, 2.75) is 52.6 Å². The normalized spacial score (nSPS) is 12.4. The molecule has 8 heteroatoms. The average molecular weight is 284 g/mol. The summed E-state index contributed by atoms with van der Waals surface area (Å²) < 4.78 is 1.46. The second-order valence-corrected chi connectivity index (χ2v) is 4.90. The number of hydrogen-bond donors (Lipinski definition) is 2. The summed E-state index contributed by atoms with van der Waals surface area (Å²) in [5.74, 6) is -0.876. The number of anilines is 1. The van der Waals surface area contributed by atoms with Gasteiger partial charge in [0.05, 0.1) is 4.92 Å². The van der Waals surface area contributed by atoms with Crippen molar-refractivity contribution in [3.8, 4) is 0 Å². The topological polar surface area (TPSA) is 110 Å². The van der Waals surface area contributed by atoms with E-state index >= 15 is 0 Å². The molecular weight excluding hydrogens is 264 g/mol. The number of aryl methyl sites for hydroxylation is 1. The molecule has 1 rings (SSSR count). The maximum Gasteiger partial charge on any atom is 0.333 e. The quantitative estimate of drug-likeness (QED) is 0.587. The van der Waals surface area contributed by atoms with Crippen molar-refractivity contribution in [1.82, 2.24) is 9.78 Å². The van der Waals surface area contributed by atoms with Crippen molar-refractivity contribution < 1.29 is 14.8 Å². The number of nitro groups is 1. The summed E-state index contributed by atoms with van der Waals surface area (Å²) in [7, 11) is 0. The average Bonchev–Trinajstić information content (AvgIpc) is 2.65. The lowest BCUT2D eigenvalue weighted by molar-refractivity contribution is -0.384.